The number of fused-ring (bicyclic) bond motifs is 3. The van der Waals surface area contributed by atoms with Crippen molar-refractivity contribution in [2.24, 2.45) is 0 Å². The molecule has 0 unspecified atom stereocenters. The second-order valence-electron chi connectivity index (χ2n) is 5.74. The lowest BCUT2D eigenvalue weighted by atomic mass is 10.3. The fraction of sp³-hybridized carbons (Fsp3) is 0.111. The van der Waals surface area contributed by atoms with Gasteiger partial charge < -0.3 is 5.32 Å². The number of rotatable bonds is 3. The number of carbonyl (C=O) groups is 1. The summed E-state index contributed by atoms with van der Waals surface area (Å²) in [5.74, 6) is 0.176. The largest absolute Gasteiger partial charge is 0.325 e. The molecule has 0 saturated carbocycles. The Labute approximate surface area is 157 Å². The van der Waals surface area contributed by atoms with Gasteiger partial charge in [0.25, 0.3) is 5.56 Å². The zero-order chi connectivity index (χ0) is 18.3. The summed E-state index contributed by atoms with van der Waals surface area (Å²) >= 11 is 7.13. The van der Waals surface area contributed by atoms with Crippen LogP contribution in [0.3, 0.4) is 0 Å². The predicted octanol–water partition coefficient (Wildman–Crippen LogP) is 3.61. The SMILES string of the molecule is Cc1nc2c(sc3ncccc32)c(=O)n1CC(=O)Nc1ccc(Cl)cc1. The van der Waals surface area contributed by atoms with Gasteiger partial charge in [0.1, 0.15) is 21.9 Å². The summed E-state index contributed by atoms with van der Waals surface area (Å²) in [6, 6.07) is 10.5. The van der Waals surface area contributed by atoms with Crippen LogP contribution in [0.2, 0.25) is 5.02 Å². The van der Waals surface area contributed by atoms with E-state index in [1.807, 2.05) is 12.1 Å². The number of hydrogen-bond acceptors (Lipinski definition) is 5. The molecule has 0 spiro atoms. The van der Waals surface area contributed by atoms with Gasteiger partial charge in [-0.25, -0.2) is 9.97 Å². The highest BCUT2D eigenvalue weighted by atomic mass is 35.5. The molecule has 26 heavy (non-hydrogen) atoms. The monoisotopic (exact) mass is 384 g/mol. The molecule has 0 aliphatic rings. The maximum Gasteiger partial charge on any atom is 0.272 e. The first-order valence-electron chi connectivity index (χ1n) is 7.83. The van der Waals surface area contributed by atoms with Gasteiger partial charge in [-0.15, -0.1) is 11.3 Å². The Kier molecular flexibility index (Phi) is 4.18. The minimum Gasteiger partial charge on any atom is -0.325 e. The molecular weight excluding hydrogens is 372 g/mol. The van der Waals surface area contributed by atoms with Crippen molar-refractivity contribution in [3.8, 4) is 0 Å². The lowest BCUT2D eigenvalue weighted by Gasteiger charge is -2.10. The first-order valence-corrected chi connectivity index (χ1v) is 9.02. The molecule has 0 aliphatic heterocycles. The Balaban J connectivity index is 1.70. The van der Waals surface area contributed by atoms with Gasteiger partial charge in [0, 0.05) is 22.3 Å². The van der Waals surface area contributed by atoms with E-state index in [0.29, 0.717) is 26.8 Å². The third-order valence-electron chi connectivity index (χ3n) is 3.97. The van der Waals surface area contributed by atoms with Crippen molar-refractivity contribution in [3.63, 3.8) is 0 Å². The maximum atomic E-state index is 12.9. The average molecular weight is 385 g/mol. The van der Waals surface area contributed by atoms with E-state index in [2.05, 4.69) is 15.3 Å². The first-order chi connectivity index (χ1) is 12.5. The van der Waals surface area contributed by atoms with E-state index in [1.165, 1.54) is 15.9 Å². The number of halogens is 1. The van der Waals surface area contributed by atoms with Crippen molar-refractivity contribution in [1.29, 1.82) is 0 Å². The highest BCUT2D eigenvalue weighted by Gasteiger charge is 2.16. The lowest BCUT2D eigenvalue weighted by Crippen LogP contribution is -2.29. The Morgan fingerprint density at radius 1 is 1.27 bits per heavy atom. The van der Waals surface area contributed by atoms with Crippen molar-refractivity contribution >= 4 is 55.0 Å². The van der Waals surface area contributed by atoms with Gasteiger partial charge in [-0.1, -0.05) is 11.6 Å². The van der Waals surface area contributed by atoms with Crippen LogP contribution in [0.15, 0.2) is 47.4 Å². The van der Waals surface area contributed by atoms with Crippen LogP contribution >= 0.6 is 22.9 Å². The fourth-order valence-corrected chi connectivity index (χ4v) is 3.89. The molecule has 0 radical (unpaired) electrons. The summed E-state index contributed by atoms with van der Waals surface area (Å²) in [4.78, 5) is 34.8. The van der Waals surface area contributed by atoms with Crippen molar-refractivity contribution in [1.82, 2.24) is 14.5 Å². The number of nitrogens with zero attached hydrogens (tertiary/aromatic N) is 3. The summed E-state index contributed by atoms with van der Waals surface area (Å²) in [6.07, 6.45) is 1.68. The van der Waals surface area contributed by atoms with E-state index in [-0.39, 0.29) is 18.0 Å². The van der Waals surface area contributed by atoms with E-state index in [1.54, 1.807) is 37.4 Å². The molecule has 0 atom stereocenters. The van der Waals surface area contributed by atoms with Crippen molar-refractivity contribution < 1.29 is 4.79 Å². The average Bonchev–Trinajstić information content (AvgIpc) is 2.99. The molecule has 6 nitrogen and oxygen atoms in total. The third-order valence-corrected chi connectivity index (χ3v) is 5.32. The topological polar surface area (TPSA) is 76.9 Å². The van der Waals surface area contributed by atoms with Crippen LogP contribution in [0.4, 0.5) is 5.69 Å². The molecule has 1 N–H and O–H groups in total. The zero-order valence-electron chi connectivity index (χ0n) is 13.7. The molecule has 0 bridgehead atoms. The quantitative estimate of drug-likeness (QED) is 0.585. The summed E-state index contributed by atoms with van der Waals surface area (Å²) in [7, 11) is 0. The molecule has 0 fully saturated rings. The molecule has 1 amide bonds. The van der Waals surface area contributed by atoms with Crippen molar-refractivity contribution in [2.75, 3.05) is 5.32 Å². The summed E-state index contributed by atoms with van der Waals surface area (Å²) in [5.41, 5.74) is 1.02. The Bertz CT molecular complexity index is 1200. The molecule has 4 rings (SSSR count). The second kappa shape index (κ2) is 6.51. The maximum absolute atomic E-state index is 12.9. The summed E-state index contributed by atoms with van der Waals surface area (Å²) in [6.45, 7) is 1.61. The number of aryl methyl sites for hydroxylation is 1. The number of benzene rings is 1. The second-order valence-corrected chi connectivity index (χ2v) is 7.18. The minimum absolute atomic E-state index is 0.113. The molecule has 3 aromatic heterocycles. The molecule has 0 aliphatic carbocycles. The highest BCUT2D eigenvalue weighted by Crippen LogP contribution is 2.28. The lowest BCUT2D eigenvalue weighted by molar-refractivity contribution is -0.116. The highest BCUT2D eigenvalue weighted by molar-refractivity contribution is 7.25. The fourth-order valence-electron chi connectivity index (χ4n) is 2.73. The third kappa shape index (κ3) is 2.95. The number of anilines is 1. The van der Waals surface area contributed by atoms with Crippen molar-refractivity contribution in [2.45, 2.75) is 13.5 Å². The van der Waals surface area contributed by atoms with Crippen molar-refractivity contribution in [3.05, 3.63) is 63.8 Å². The zero-order valence-corrected chi connectivity index (χ0v) is 15.3. The number of nitrogens with one attached hydrogen (secondary N) is 1. The Morgan fingerprint density at radius 3 is 2.81 bits per heavy atom. The van der Waals surface area contributed by atoms with Crippen LogP contribution < -0.4 is 10.9 Å². The Morgan fingerprint density at radius 2 is 2.04 bits per heavy atom. The molecular formula is C18H13ClN4O2S. The van der Waals surface area contributed by atoms with Crippen LogP contribution in [-0.2, 0) is 11.3 Å². The number of pyridine rings is 1. The van der Waals surface area contributed by atoms with Crippen LogP contribution in [0.5, 0.6) is 0 Å². The smallest absolute Gasteiger partial charge is 0.272 e. The number of amides is 1. The molecule has 8 heteroatoms. The van der Waals surface area contributed by atoms with Gasteiger partial charge in [-0.05, 0) is 43.3 Å². The molecule has 4 aromatic rings. The van der Waals surface area contributed by atoms with Gasteiger partial charge in [0.15, 0.2) is 0 Å². The van der Waals surface area contributed by atoms with E-state index in [4.69, 9.17) is 11.6 Å². The van der Waals surface area contributed by atoms with E-state index >= 15 is 0 Å². The number of hydrogen-bond donors (Lipinski definition) is 1. The van der Waals surface area contributed by atoms with E-state index in [9.17, 15) is 9.59 Å². The molecule has 130 valence electrons. The standard InChI is InChI=1S/C18H13ClN4O2S/c1-10-21-15-13-3-2-8-20-17(13)26-16(15)18(25)23(10)9-14(24)22-12-6-4-11(19)5-7-12/h2-8H,9H2,1H3,(H,22,24). The number of aromatic nitrogens is 3. The van der Waals surface area contributed by atoms with Gasteiger partial charge in [-0.2, -0.15) is 0 Å². The number of carbonyl (C=O) groups excluding carboxylic acids is 1. The van der Waals surface area contributed by atoms with E-state index < -0.39 is 0 Å². The molecule has 0 saturated heterocycles. The number of thiophene rings is 1. The summed E-state index contributed by atoms with van der Waals surface area (Å²) < 4.78 is 1.88. The van der Waals surface area contributed by atoms with Gasteiger partial charge in [0.05, 0.1) is 5.52 Å². The first kappa shape index (κ1) is 16.7. The van der Waals surface area contributed by atoms with Crippen LogP contribution in [0.25, 0.3) is 20.4 Å². The van der Waals surface area contributed by atoms with Crippen LogP contribution in [0, 0.1) is 6.92 Å². The van der Waals surface area contributed by atoms with E-state index in [0.717, 1.165) is 10.2 Å². The molecule has 3 heterocycles. The Hall–Kier alpha value is -2.77. The van der Waals surface area contributed by atoms with Gasteiger partial charge in [-0.3, -0.25) is 14.2 Å². The normalized spacial score (nSPS) is 11.2. The molecule has 1 aromatic carbocycles. The van der Waals surface area contributed by atoms with Crippen LogP contribution in [-0.4, -0.2) is 20.4 Å². The van der Waals surface area contributed by atoms with Crippen LogP contribution in [0.1, 0.15) is 5.82 Å². The summed E-state index contributed by atoms with van der Waals surface area (Å²) in [5, 5.41) is 4.19. The predicted molar refractivity (Wildman–Crippen MR) is 104 cm³/mol. The van der Waals surface area contributed by atoms with Gasteiger partial charge in [0.2, 0.25) is 5.91 Å². The minimum atomic E-state index is -0.307. The van der Waals surface area contributed by atoms with Gasteiger partial charge >= 0.3 is 0 Å².